The van der Waals surface area contributed by atoms with Gasteiger partial charge in [0.25, 0.3) is 11.8 Å². The summed E-state index contributed by atoms with van der Waals surface area (Å²) in [7, 11) is 0. The van der Waals surface area contributed by atoms with E-state index in [0.717, 1.165) is 17.6 Å². The molecule has 0 aromatic heterocycles. The lowest BCUT2D eigenvalue weighted by Crippen LogP contribution is -2.59. The summed E-state index contributed by atoms with van der Waals surface area (Å²) in [5.74, 6) is -0.256. The molecule has 3 N–H and O–H groups in total. The molecule has 0 aliphatic carbocycles. The number of halogens is 3. The van der Waals surface area contributed by atoms with E-state index >= 15 is 0 Å². The first-order chi connectivity index (χ1) is 17.3. The van der Waals surface area contributed by atoms with Crippen molar-refractivity contribution in [2.24, 2.45) is 0 Å². The monoisotopic (exact) mass is 518 g/mol. The Labute approximate surface area is 214 Å². The number of likely N-dealkylation sites (tertiary alicyclic amines) is 1. The molecule has 8 nitrogen and oxygen atoms in total. The van der Waals surface area contributed by atoms with Gasteiger partial charge in [0.15, 0.2) is 0 Å². The number of hydrogen-bond acceptors (Lipinski definition) is 6. The summed E-state index contributed by atoms with van der Waals surface area (Å²) in [4.78, 5) is 28.0. The molecular weight excluding hydrogens is 485 g/mol. The average Bonchev–Trinajstić information content (AvgIpc) is 3.27. The number of piperidine rings is 1. The van der Waals surface area contributed by atoms with Gasteiger partial charge in [0.05, 0.1) is 5.69 Å². The molecule has 0 unspecified atom stereocenters. The summed E-state index contributed by atoms with van der Waals surface area (Å²) < 4.78 is 38.2. The second-order valence-electron chi connectivity index (χ2n) is 11.3. The lowest BCUT2D eigenvalue weighted by Gasteiger charge is -2.44. The molecule has 0 atom stereocenters. The fourth-order valence-corrected chi connectivity index (χ4v) is 5.43. The fourth-order valence-electron chi connectivity index (χ4n) is 5.43. The quantitative estimate of drug-likeness (QED) is 0.571. The number of benzene rings is 1. The first-order valence-electron chi connectivity index (χ1n) is 12.6. The molecule has 1 saturated heterocycles. The van der Waals surface area contributed by atoms with Crippen LogP contribution >= 0.6 is 0 Å². The van der Waals surface area contributed by atoms with Crippen molar-refractivity contribution in [2.75, 3.05) is 31.2 Å². The number of hydrazine groups is 2. The number of rotatable bonds is 3. The zero-order valence-electron chi connectivity index (χ0n) is 21.3. The van der Waals surface area contributed by atoms with Gasteiger partial charge in [0.1, 0.15) is 12.2 Å². The zero-order chi connectivity index (χ0) is 26.6. The highest BCUT2D eigenvalue weighted by atomic mass is 19.4. The number of anilines is 1. The second-order valence-corrected chi connectivity index (χ2v) is 11.3. The zero-order valence-corrected chi connectivity index (χ0v) is 21.3. The molecular formula is C26H33F3N6O2. The Balaban J connectivity index is 1.25. The molecule has 200 valence electrons. The van der Waals surface area contributed by atoms with Gasteiger partial charge in [0.2, 0.25) is 0 Å². The van der Waals surface area contributed by atoms with Crippen molar-refractivity contribution in [3.63, 3.8) is 0 Å². The molecule has 4 aliphatic rings. The molecule has 1 spiro atoms. The van der Waals surface area contributed by atoms with Gasteiger partial charge >= 0.3 is 6.18 Å². The van der Waals surface area contributed by atoms with E-state index in [1.54, 1.807) is 35.4 Å². The SMILES string of the molecule is CC(C)(C)N1CC2=C(N1)C(=O)NC1(CCN(C(=O)c3ccc4c(c3)N(NCC(F)(F)F)C=CC4)CC1)C2. The normalized spacial score (nSPS) is 21.6. The number of amides is 2. The van der Waals surface area contributed by atoms with Gasteiger partial charge in [-0.2, -0.15) is 13.2 Å². The van der Waals surface area contributed by atoms with Crippen LogP contribution in [0.25, 0.3) is 0 Å². The third kappa shape index (κ3) is 5.19. The average molecular weight is 519 g/mol. The number of carbonyl (C=O) groups excluding carboxylic acids is 2. The molecule has 1 aromatic rings. The van der Waals surface area contributed by atoms with Gasteiger partial charge in [-0.3, -0.25) is 14.6 Å². The van der Waals surface area contributed by atoms with Crippen molar-refractivity contribution in [2.45, 2.75) is 63.7 Å². The summed E-state index contributed by atoms with van der Waals surface area (Å²) in [6, 6.07) is 5.18. The van der Waals surface area contributed by atoms with Crippen LogP contribution in [0.4, 0.5) is 18.9 Å². The number of carbonyl (C=O) groups is 2. The van der Waals surface area contributed by atoms with E-state index in [1.165, 1.54) is 5.01 Å². The Bertz CT molecular complexity index is 1160. The van der Waals surface area contributed by atoms with Crippen LogP contribution in [0.15, 0.2) is 41.7 Å². The number of allylic oxidation sites excluding steroid dienone is 1. The molecule has 2 amide bonds. The second kappa shape index (κ2) is 9.05. The van der Waals surface area contributed by atoms with Gasteiger partial charge in [-0.25, -0.2) is 10.4 Å². The van der Waals surface area contributed by atoms with Crippen LogP contribution < -0.4 is 21.2 Å². The first kappa shape index (κ1) is 25.6. The smallest absolute Gasteiger partial charge is 0.345 e. The topological polar surface area (TPSA) is 80.0 Å². The number of fused-ring (bicyclic) bond motifs is 1. The minimum atomic E-state index is -4.35. The van der Waals surface area contributed by atoms with Crippen LogP contribution in [-0.2, 0) is 11.2 Å². The number of nitrogens with one attached hydrogen (secondary N) is 3. The number of alkyl halides is 3. The van der Waals surface area contributed by atoms with Gasteiger partial charge in [0, 0.05) is 42.5 Å². The van der Waals surface area contributed by atoms with Crippen molar-refractivity contribution in [1.29, 1.82) is 0 Å². The van der Waals surface area contributed by atoms with Crippen LogP contribution in [-0.4, -0.2) is 65.2 Å². The van der Waals surface area contributed by atoms with Crippen LogP contribution in [0, 0.1) is 0 Å². The third-order valence-electron chi connectivity index (χ3n) is 7.56. The fraction of sp³-hybridized carbons (Fsp3) is 0.538. The Morgan fingerprint density at radius 3 is 2.57 bits per heavy atom. The van der Waals surface area contributed by atoms with Gasteiger partial charge in [-0.05, 0) is 69.7 Å². The lowest BCUT2D eigenvalue weighted by atomic mass is 9.78. The van der Waals surface area contributed by atoms with Crippen molar-refractivity contribution in [1.82, 2.24) is 26.1 Å². The molecule has 5 rings (SSSR count). The van der Waals surface area contributed by atoms with Crippen molar-refractivity contribution < 1.29 is 22.8 Å². The van der Waals surface area contributed by atoms with Crippen molar-refractivity contribution in [3.8, 4) is 0 Å². The van der Waals surface area contributed by atoms with Crippen molar-refractivity contribution >= 4 is 17.5 Å². The summed E-state index contributed by atoms with van der Waals surface area (Å²) in [5.41, 5.74) is 8.71. The molecule has 0 bridgehead atoms. The maximum atomic E-state index is 13.4. The molecule has 4 aliphatic heterocycles. The Kier molecular flexibility index (Phi) is 6.26. The van der Waals surface area contributed by atoms with Crippen LogP contribution in [0.3, 0.4) is 0 Å². The summed E-state index contributed by atoms with van der Waals surface area (Å²) in [6.07, 6.45) is 1.60. The van der Waals surface area contributed by atoms with E-state index < -0.39 is 12.7 Å². The molecule has 11 heteroatoms. The summed E-state index contributed by atoms with van der Waals surface area (Å²) in [6.45, 7) is 6.79. The largest absolute Gasteiger partial charge is 0.402 e. The van der Waals surface area contributed by atoms with E-state index in [4.69, 9.17) is 0 Å². The van der Waals surface area contributed by atoms with Crippen LogP contribution in [0.5, 0.6) is 0 Å². The standard InChI is InChI=1S/C26H33F3N6O2/c1-24(2,3)35-15-19-14-25(31-22(36)21(19)32-35)8-11-33(12-9-25)23(37)18-7-6-17-5-4-10-34(20(17)13-18)30-16-26(27,28)29/h4,6-7,10,13,30,32H,5,8-9,11-12,14-16H2,1-3H3,(H,31,36). The van der Waals surface area contributed by atoms with Crippen molar-refractivity contribution in [3.05, 3.63) is 52.9 Å². The maximum Gasteiger partial charge on any atom is 0.402 e. The Hall–Kier alpha value is -3.05. The van der Waals surface area contributed by atoms with E-state index in [9.17, 15) is 22.8 Å². The molecule has 1 fully saturated rings. The minimum absolute atomic E-state index is 0.0954. The predicted molar refractivity (Wildman–Crippen MR) is 133 cm³/mol. The van der Waals surface area contributed by atoms with Gasteiger partial charge < -0.3 is 15.6 Å². The molecule has 1 aromatic carbocycles. The van der Waals surface area contributed by atoms with Crippen LogP contribution in [0.1, 0.15) is 56.0 Å². The highest BCUT2D eigenvalue weighted by Gasteiger charge is 2.45. The predicted octanol–water partition coefficient (Wildman–Crippen LogP) is 3.00. The highest BCUT2D eigenvalue weighted by molar-refractivity contribution is 5.97. The lowest BCUT2D eigenvalue weighted by molar-refractivity contribution is -0.125. The molecule has 4 heterocycles. The third-order valence-corrected chi connectivity index (χ3v) is 7.56. The first-order valence-corrected chi connectivity index (χ1v) is 12.6. The Morgan fingerprint density at radius 1 is 1.16 bits per heavy atom. The van der Waals surface area contributed by atoms with E-state index in [-0.39, 0.29) is 22.9 Å². The van der Waals surface area contributed by atoms with Gasteiger partial charge in [-0.15, -0.1) is 0 Å². The van der Waals surface area contributed by atoms with E-state index in [1.807, 2.05) is 0 Å². The summed E-state index contributed by atoms with van der Waals surface area (Å²) >= 11 is 0. The highest BCUT2D eigenvalue weighted by Crippen LogP contribution is 2.37. The number of nitrogens with zero attached hydrogens (tertiary/aromatic N) is 3. The molecule has 0 radical (unpaired) electrons. The van der Waals surface area contributed by atoms with E-state index in [2.05, 4.69) is 41.9 Å². The van der Waals surface area contributed by atoms with Gasteiger partial charge in [-0.1, -0.05) is 12.1 Å². The maximum absolute atomic E-state index is 13.4. The number of hydrogen-bond donors (Lipinski definition) is 3. The van der Waals surface area contributed by atoms with Crippen LogP contribution in [0.2, 0.25) is 0 Å². The Morgan fingerprint density at radius 2 is 1.89 bits per heavy atom. The minimum Gasteiger partial charge on any atom is -0.345 e. The summed E-state index contributed by atoms with van der Waals surface area (Å²) in [5, 5.41) is 6.61. The van der Waals surface area contributed by atoms with E-state index in [0.29, 0.717) is 55.8 Å². The molecule has 0 saturated carbocycles. The molecule has 37 heavy (non-hydrogen) atoms.